The number of methoxy groups -OCH3 is 1. The second-order valence-electron chi connectivity index (χ2n) is 5.57. The first-order valence-electron chi connectivity index (χ1n) is 7.56. The second-order valence-corrected chi connectivity index (χ2v) is 6.60. The zero-order valence-corrected chi connectivity index (χ0v) is 13.8. The van der Waals surface area contributed by atoms with Crippen LogP contribution in [0.25, 0.3) is 0 Å². The summed E-state index contributed by atoms with van der Waals surface area (Å²) in [5.74, 6) is 0.376. The minimum atomic E-state index is 0.167. The van der Waals surface area contributed by atoms with Gasteiger partial charge in [-0.1, -0.05) is 6.07 Å². The molecule has 3 rings (SSSR count). The number of carbonyl (C=O) groups is 1. The molecule has 0 bridgehead atoms. The normalized spacial score (nSPS) is 17.5. The Labute approximate surface area is 134 Å². The number of nitrogens with zero attached hydrogens (tertiary/aromatic N) is 3. The van der Waals surface area contributed by atoms with Gasteiger partial charge in [-0.3, -0.25) is 9.48 Å². The van der Waals surface area contributed by atoms with E-state index in [9.17, 15) is 4.79 Å². The number of aromatic nitrogens is 2. The number of hydrogen-bond acceptors (Lipinski definition) is 4. The number of aryl methyl sites for hydroxylation is 1. The summed E-state index contributed by atoms with van der Waals surface area (Å²) in [5, 5.41) is 6.61. The fraction of sp³-hybridized carbons (Fsp3) is 0.500. The molecule has 5 nitrogen and oxygen atoms in total. The molecule has 0 saturated carbocycles. The molecule has 6 heteroatoms. The van der Waals surface area contributed by atoms with E-state index in [-0.39, 0.29) is 11.8 Å². The van der Waals surface area contributed by atoms with E-state index in [0.717, 1.165) is 17.1 Å². The van der Waals surface area contributed by atoms with Crippen molar-refractivity contribution >= 4 is 17.2 Å². The Hall–Kier alpha value is -1.66. The Morgan fingerprint density at radius 1 is 1.55 bits per heavy atom. The van der Waals surface area contributed by atoms with E-state index >= 15 is 0 Å². The Bertz CT molecular complexity index is 636. The first-order valence-corrected chi connectivity index (χ1v) is 8.44. The van der Waals surface area contributed by atoms with Crippen molar-refractivity contribution in [2.45, 2.75) is 32.4 Å². The highest BCUT2D eigenvalue weighted by molar-refractivity contribution is 7.10. The maximum atomic E-state index is 12.6. The molecule has 2 aromatic rings. The molecular weight excluding hydrogens is 298 g/mol. The predicted octanol–water partition coefficient (Wildman–Crippen LogP) is 2.28. The van der Waals surface area contributed by atoms with Crippen molar-refractivity contribution in [1.29, 1.82) is 0 Å². The summed E-state index contributed by atoms with van der Waals surface area (Å²) < 4.78 is 7.29. The topological polar surface area (TPSA) is 47.4 Å². The van der Waals surface area contributed by atoms with E-state index in [1.807, 2.05) is 27.1 Å². The standard InChI is InChI=1S/C16H21N3O2S/c1-3-19-9-14-12(11-21-2)8-18(10-15(14)17-19)16(20)7-13-5-4-6-22-13/h4-6,9,12H,3,7-8,10-11H2,1-2H3/t12-/m1/s1. The van der Waals surface area contributed by atoms with Crippen LogP contribution in [0.4, 0.5) is 0 Å². The van der Waals surface area contributed by atoms with Crippen molar-refractivity contribution in [2.24, 2.45) is 0 Å². The van der Waals surface area contributed by atoms with Gasteiger partial charge in [0.1, 0.15) is 0 Å². The smallest absolute Gasteiger partial charge is 0.228 e. The summed E-state index contributed by atoms with van der Waals surface area (Å²) in [4.78, 5) is 15.6. The summed E-state index contributed by atoms with van der Waals surface area (Å²) in [6, 6.07) is 3.99. The molecular formula is C16H21N3O2S. The SMILES string of the molecule is CCn1cc2c(n1)CN(C(=O)Cc1cccs1)C[C@@H]2COC. The number of hydrogen-bond donors (Lipinski definition) is 0. The van der Waals surface area contributed by atoms with Crippen molar-refractivity contribution < 1.29 is 9.53 Å². The second kappa shape index (κ2) is 6.62. The third kappa shape index (κ3) is 3.08. The molecule has 0 aromatic carbocycles. The highest BCUT2D eigenvalue weighted by Crippen LogP contribution is 2.28. The van der Waals surface area contributed by atoms with Crippen LogP contribution < -0.4 is 0 Å². The molecule has 0 unspecified atom stereocenters. The van der Waals surface area contributed by atoms with Crippen molar-refractivity contribution in [3.8, 4) is 0 Å². The monoisotopic (exact) mass is 319 g/mol. The van der Waals surface area contributed by atoms with E-state index in [2.05, 4.69) is 18.2 Å². The van der Waals surface area contributed by atoms with Crippen molar-refractivity contribution in [3.05, 3.63) is 39.8 Å². The lowest BCUT2D eigenvalue weighted by Crippen LogP contribution is -2.40. The Balaban J connectivity index is 1.78. The lowest BCUT2D eigenvalue weighted by molar-refractivity contribution is -0.132. The Morgan fingerprint density at radius 2 is 2.41 bits per heavy atom. The Morgan fingerprint density at radius 3 is 3.09 bits per heavy atom. The largest absolute Gasteiger partial charge is 0.384 e. The van der Waals surface area contributed by atoms with E-state index in [1.54, 1.807) is 18.4 Å². The van der Waals surface area contributed by atoms with Crippen LogP contribution in [0.2, 0.25) is 0 Å². The highest BCUT2D eigenvalue weighted by atomic mass is 32.1. The number of fused-ring (bicyclic) bond motifs is 1. The molecule has 22 heavy (non-hydrogen) atoms. The van der Waals surface area contributed by atoms with Gasteiger partial charge < -0.3 is 9.64 Å². The van der Waals surface area contributed by atoms with E-state index in [4.69, 9.17) is 4.74 Å². The van der Waals surface area contributed by atoms with Gasteiger partial charge in [0.15, 0.2) is 0 Å². The van der Waals surface area contributed by atoms with Crippen LogP contribution >= 0.6 is 11.3 Å². The van der Waals surface area contributed by atoms with Crippen LogP contribution in [0.15, 0.2) is 23.7 Å². The van der Waals surface area contributed by atoms with Gasteiger partial charge in [0.05, 0.1) is 25.3 Å². The molecule has 1 atom stereocenters. The summed E-state index contributed by atoms with van der Waals surface area (Å²) in [7, 11) is 1.70. The third-order valence-electron chi connectivity index (χ3n) is 4.04. The first-order chi connectivity index (χ1) is 10.7. The van der Waals surface area contributed by atoms with Gasteiger partial charge in [-0.25, -0.2) is 0 Å². The molecule has 0 aliphatic carbocycles. The van der Waals surface area contributed by atoms with Crippen LogP contribution in [-0.4, -0.2) is 40.8 Å². The molecule has 2 aromatic heterocycles. The third-order valence-corrected chi connectivity index (χ3v) is 4.92. The Kier molecular flexibility index (Phi) is 4.59. The lowest BCUT2D eigenvalue weighted by Gasteiger charge is -2.31. The quantitative estimate of drug-likeness (QED) is 0.849. The van der Waals surface area contributed by atoms with Crippen LogP contribution in [0, 0.1) is 0 Å². The summed E-state index contributed by atoms with van der Waals surface area (Å²) in [6.45, 7) is 4.84. The van der Waals surface area contributed by atoms with Gasteiger partial charge in [0, 0.05) is 42.8 Å². The fourth-order valence-electron chi connectivity index (χ4n) is 2.92. The lowest BCUT2D eigenvalue weighted by atomic mass is 9.95. The van der Waals surface area contributed by atoms with Crippen molar-refractivity contribution in [1.82, 2.24) is 14.7 Å². The predicted molar refractivity (Wildman–Crippen MR) is 86.0 cm³/mol. The fourth-order valence-corrected chi connectivity index (χ4v) is 3.62. The summed E-state index contributed by atoms with van der Waals surface area (Å²) in [6.07, 6.45) is 2.57. The summed E-state index contributed by atoms with van der Waals surface area (Å²) >= 11 is 1.63. The van der Waals surface area contributed by atoms with Gasteiger partial charge >= 0.3 is 0 Å². The van der Waals surface area contributed by atoms with Crippen LogP contribution in [-0.2, 0) is 29.0 Å². The zero-order chi connectivity index (χ0) is 15.5. The van der Waals surface area contributed by atoms with Gasteiger partial charge in [0.2, 0.25) is 5.91 Å². The molecule has 0 saturated heterocycles. The molecule has 0 radical (unpaired) electrons. The van der Waals surface area contributed by atoms with Gasteiger partial charge in [-0.05, 0) is 18.4 Å². The average Bonchev–Trinajstić information content (AvgIpc) is 3.16. The molecule has 3 heterocycles. The number of amides is 1. The molecule has 0 fully saturated rings. The van der Waals surface area contributed by atoms with E-state index in [1.165, 1.54) is 5.56 Å². The van der Waals surface area contributed by atoms with Gasteiger partial charge in [0.25, 0.3) is 0 Å². The van der Waals surface area contributed by atoms with Crippen molar-refractivity contribution in [2.75, 3.05) is 20.3 Å². The number of thiophene rings is 1. The van der Waals surface area contributed by atoms with Crippen LogP contribution in [0.3, 0.4) is 0 Å². The number of carbonyl (C=O) groups excluding carboxylic acids is 1. The molecule has 1 aliphatic rings. The van der Waals surface area contributed by atoms with E-state index < -0.39 is 0 Å². The maximum Gasteiger partial charge on any atom is 0.228 e. The number of rotatable bonds is 5. The molecule has 0 N–H and O–H groups in total. The first kappa shape index (κ1) is 15.2. The molecule has 1 amide bonds. The van der Waals surface area contributed by atoms with Crippen molar-refractivity contribution in [3.63, 3.8) is 0 Å². The number of ether oxygens (including phenoxy) is 1. The van der Waals surface area contributed by atoms with E-state index in [0.29, 0.717) is 26.1 Å². The average molecular weight is 319 g/mol. The van der Waals surface area contributed by atoms with Gasteiger partial charge in [-0.15, -0.1) is 11.3 Å². The van der Waals surface area contributed by atoms with Crippen LogP contribution in [0.5, 0.6) is 0 Å². The van der Waals surface area contributed by atoms with Crippen LogP contribution in [0.1, 0.15) is 29.0 Å². The molecule has 1 aliphatic heterocycles. The molecule has 0 spiro atoms. The minimum absolute atomic E-state index is 0.167. The minimum Gasteiger partial charge on any atom is -0.384 e. The van der Waals surface area contributed by atoms with Gasteiger partial charge in [-0.2, -0.15) is 5.10 Å². The maximum absolute atomic E-state index is 12.6. The zero-order valence-electron chi connectivity index (χ0n) is 13.0. The summed E-state index contributed by atoms with van der Waals surface area (Å²) in [5.41, 5.74) is 2.23. The highest BCUT2D eigenvalue weighted by Gasteiger charge is 2.30. The molecule has 118 valence electrons.